The Bertz CT molecular complexity index is 960. The first kappa shape index (κ1) is 18.6. The van der Waals surface area contributed by atoms with Crippen molar-refractivity contribution in [2.75, 3.05) is 5.75 Å². The lowest BCUT2D eigenvalue weighted by atomic mass is 10.1. The Morgan fingerprint density at radius 3 is 2.42 bits per heavy atom. The molecule has 0 spiro atoms. The van der Waals surface area contributed by atoms with Crippen molar-refractivity contribution in [3.8, 4) is 0 Å². The van der Waals surface area contributed by atoms with E-state index in [4.69, 9.17) is 0 Å². The lowest BCUT2D eigenvalue weighted by Crippen LogP contribution is -2.36. The number of hydrogen-bond acceptors (Lipinski definition) is 4. The van der Waals surface area contributed by atoms with Crippen LogP contribution in [-0.2, 0) is 22.1 Å². The van der Waals surface area contributed by atoms with E-state index >= 15 is 0 Å². The first-order valence-electron chi connectivity index (χ1n) is 8.77. The van der Waals surface area contributed by atoms with E-state index in [-0.39, 0.29) is 5.75 Å². The van der Waals surface area contributed by atoms with Gasteiger partial charge in [-0.25, -0.2) is 17.9 Å². The molecule has 0 radical (unpaired) electrons. The monoisotopic (exact) mass is 377 g/mol. The van der Waals surface area contributed by atoms with E-state index in [1.807, 2.05) is 30.3 Å². The van der Waals surface area contributed by atoms with E-state index in [1.54, 1.807) is 0 Å². The maximum Gasteiger partial charge on any atom is 0.328 e. The van der Waals surface area contributed by atoms with Gasteiger partial charge < -0.3 is 4.57 Å². The zero-order chi connectivity index (χ0) is 18.6. The summed E-state index contributed by atoms with van der Waals surface area (Å²) in [5.41, 5.74) is -0.272. The summed E-state index contributed by atoms with van der Waals surface area (Å²) < 4.78 is 29.0. The molecule has 140 valence electrons. The van der Waals surface area contributed by atoms with E-state index in [1.165, 1.54) is 16.8 Å². The van der Waals surface area contributed by atoms with Gasteiger partial charge in [-0.2, -0.15) is 0 Å². The minimum absolute atomic E-state index is 0.0715. The Hall–Kier alpha value is -2.19. The van der Waals surface area contributed by atoms with Crippen LogP contribution in [0, 0.1) is 0 Å². The molecule has 0 atom stereocenters. The third-order valence-electron chi connectivity index (χ3n) is 4.64. The molecular weight excluding hydrogens is 354 g/mol. The van der Waals surface area contributed by atoms with Crippen molar-refractivity contribution in [3.05, 3.63) is 69.0 Å². The highest BCUT2D eigenvalue weighted by Gasteiger charge is 2.46. The maximum absolute atomic E-state index is 12.4. The quantitative estimate of drug-likeness (QED) is 0.644. The average Bonchev–Trinajstić information content (AvgIpc) is 3.37. The summed E-state index contributed by atoms with van der Waals surface area (Å²) in [7, 11) is -3.35. The second-order valence-electron chi connectivity index (χ2n) is 6.73. The fraction of sp³-hybridized carbons (Fsp3) is 0.444. The van der Waals surface area contributed by atoms with Crippen molar-refractivity contribution in [2.45, 2.75) is 44.2 Å². The number of aryl methyl sites for hydroxylation is 1. The van der Waals surface area contributed by atoms with Crippen LogP contribution < -0.4 is 16.0 Å². The van der Waals surface area contributed by atoms with E-state index in [2.05, 4.69) is 9.71 Å². The number of rotatable bonds is 9. The molecule has 8 heteroatoms. The number of aromatic amines is 1. The molecule has 1 aliphatic carbocycles. The van der Waals surface area contributed by atoms with Gasteiger partial charge in [0.05, 0.1) is 11.3 Å². The smallest absolute Gasteiger partial charge is 0.301 e. The van der Waals surface area contributed by atoms with Crippen molar-refractivity contribution in [3.63, 3.8) is 0 Å². The van der Waals surface area contributed by atoms with Crippen LogP contribution in [0.1, 0.15) is 37.7 Å². The van der Waals surface area contributed by atoms with Crippen molar-refractivity contribution in [1.29, 1.82) is 0 Å². The molecule has 1 aromatic heterocycles. The number of H-pyrrole nitrogens is 1. The van der Waals surface area contributed by atoms with Crippen molar-refractivity contribution >= 4 is 10.0 Å². The molecule has 2 N–H and O–H groups in total. The van der Waals surface area contributed by atoms with Gasteiger partial charge in [-0.1, -0.05) is 36.8 Å². The summed E-state index contributed by atoms with van der Waals surface area (Å²) in [5.74, 6) is 0.0715. The zero-order valence-corrected chi connectivity index (χ0v) is 15.3. The number of aromatic nitrogens is 2. The van der Waals surface area contributed by atoms with Crippen molar-refractivity contribution < 1.29 is 8.42 Å². The molecule has 1 saturated carbocycles. The fourth-order valence-corrected chi connectivity index (χ4v) is 4.66. The first-order chi connectivity index (χ1) is 12.4. The van der Waals surface area contributed by atoms with Gasteiger partial charge in [-0.15, -0.1) is 0 Å². The molecule has 7 nitrogen and oxygen atoms in total. The number of hydrogen-bond donors (Lipinski definition) is 2. The first-order valence-corrected chi connectivity index (χ1v) is 10.4. The SMILES string of the molecule is O=c1ccn(CCCCCS(=O)(=O)NC2(c3ccccc3)CC2)c(=O)[nH]1. The van der Waals surface area contributed by atoms with Crippen LogP contribution in [-0.4, -0.2) is 23.7 Å². The predicted octanol–water partition coefficient (Wildman–Crippen LogP) is 1.32. The summed E-state index contributed by atoms with van der Waals surface area (Å²) in [6.45, 7) is 0.455. The Balaban J connectivity index is 1.46. The number of benzene rings is 1. The number of nitrogens with zero attached hydrogens (tertiary/aromatic N) is 1. The predicted molar refractivity (Wildman–Crippen MR) is 99.5 cm³/mol. The Morgan fingerprint density at radius 2 is 1.77 bits per heavy atom. The van der Waals surface area contributed by atoms with E-state index in [0.717, 1.165) is 18.4 Å². The Kier molecular flexibility index (Phi) is 5.43. The van der Waals surface area contributed by atoms with Crippen LogP contribution in [0.15, 0.2) is 52.2 Å². The summed E-state index contributed by atoms with van der Waals surface area (Å²) in [6.07, 6.45) is 4.99. The topological polar surface area (TPSA) is 101 Å². The highest BCUT2D eigenvalue weighted by molar-refractivity contribution is 7.89. The molecule has 3 rings (SSSR count). The fourth-order valence-electron chi connectivity index (χ4n) is 3.05. The van der Waals surface area contributed by atoms with Gasteiger partial charge in [0.25, 0.3) is 5.56 Å². The van der Waals surface area contributed by atoms with Gasteiger partial charge >= 0.3 is 5.69 Å². The Morgan fingerprint density at radius 1 is 1.04 bits per heavy atom. The largest absolute Gasteiger partial charge is 0.328 e. The van der Waals surface area contributed by atoms with Crippen LogP contribution in [0.5, 0.6) is 0 Å². The third-order valence-corrected chi connectivity index (χ3v) is 6.16. The second kappa shape index (κ2) is 7.59. The van der Waals surface area contributed by atoms with Crippen molar-refractivity contribution in [1.82, 2.24) is 14.3 Å². The zero-order valence-electron chi connectivity index (χ0n) is 14.5. The highest BCUT2D eigenvalue weighted by Crippen LogP contribution is 2.45. The van der Waals surface area contributed by atoms with Gasteiger partial charge in [-0.3, -0.25) is 9.78 Å². The normalized spacial score (nSPS) is 15.7. The molecule has 1 fully saturated rings. The van der Waals surface area contributed by atoms with E-state index in [0.29, 0.717) is 25.8 Å². The molecule has 0 amide bonds. The number of sulfonamides is 1. The molecule has 0 bridgehead atoms. The van der Waals surface area contributed by atoms with Crippen LogP contribution in [0.4, 0.5) is 0 Å². The van der Waals surface area contributed by atoms with Gasteiger partial charge in [0.1, 0.15) is 0 Å². The molecule has 1 aromatic carbocycles. The molecule has 1 aliphatic rings. The maximum atomic E-state index is 12.4. The second-order valence-corrected chi connectivity index (χ2v) is 8.58. The summed E-state index contributed by atoms with van der Waals surface area (Å²) in [6, 6.07) is 11.0. The third kappa shape index (κ3) is 4.70. The lowest BCUT2D eigenvalue weighted by molar-refractivity contribution is 0.540. The van der Waals surface area contributed by atoms with Gasteiger partial charge in [0.2, 0.25) is 10.0 Å². The number of nitrogens with one attached hydrogen (secondary N) is 2. The summed E-state index contributed by atoms with van der Waals surface area (Å²) in [5, 5.41) is 0. The molecule has 0 saturated heterocycles. The molecular formula is C18H23N3O4S. The van der Waals surface area contributed by atoms with Crippen molar-refractivity contribution in [2.24, 2.45) is 0 Å². The Labute approximate surface area is 152 Å². The van der Waals surface area contributed by atoms with Crippen LogP contribution in [0.25, 0.3) is 0 Å². The van der Waals surface area contributed by atoms with Crippen LogP contribution in [0.3, 0.4) is 0 Å². The van der Waals surface area contributed by atoms with Crippen LogP contribution >= 0.6 is 0 Å². The van der Waals surface area contributed by atoms with Gasteiger partial charge in [0, 0.05) is 18.8 Å². The minimum Gasteiger partial charge on any atom is -0.301 e. The molecule has 0 aliphatic heterocycles. The number of unbranched alkanes of at least 4 members (excludes halogenated alkanes) is 2. The van der Waals surface area contributed by atoms with Gasteiger partial charge in [0.15, 0.2) is 0 Å². The lowest BCUT2D eigenvalue weighted by Gasteiger charge is -2.18. The van der Waals surface area contributed by atoms with E-state index in [9.17, 15) is 18.0 Å². The minimum atomic E-state index is -3.35. The molecule has 26 heavy (non-hydrogen) atoms. The van der Waals surface area contributed by atoms with Gasteiger partial charge in [-0.05, 0) is 31.2 Å². The highest BCUT2D eigenvalue weighted by atomic mass is 32.2. The van der Waals surface area contributed by atoms with Crippen LogP contribution in [0.2, 0.25) is 0 Å². The summed E-state index contributed by atoms with van der Waals surface area (Å²) in [4.78, 5) is 24.8. The standard InChI is InChI=1S/C18H23N3O4S/c22-16-9-13-21(17(23)19-16)12-5-2-6-14-26(24,25)20-18(10-11-18)15-7-3-1-4-8-15/h1,3-4,7-9,13,20H,2,5-6,10-12,14H2,(H,19,22,23). The summed E-state index contributed by atoms with van der Waals surface area (Å²) >= 11 is 0. The molecule has 1 heterocycles. The molecule has 2 aromatic rings. The average molecular weight is 377 g/mol. The molecule has 0 unspecified atom stereocenters. The van der Waals surface area contributed by atoms with E-state index < -0.39 is 26.8 Å².